The van der Waals surface area contributed by atoms with Crippen LogP contribution >= 0.6 is 0 Å². The molecule has 1 heterocycles. The molecule has 0 unspecified atom stereocenters. The fraction of sp³-hybridized carbons (Fsp3) is 0.678. The van der Waals surface area contributed by atoms with Crippen molar-refractivity contribution < 1.29 is 96.6 Å². The van der Waals surface area contributed by atoms with Gasteiger partial charge in [-0.1, -0.05) is 44.2 Å². The van der Waals surface area contributed by atoms with Gasteiger partial charge in [0, 0.05) is 39.5 Å². The van der Waals surface area contributed by atoms with Crippen LogP contribution in [-0.2, 0) is 73.3 Å². The molecule has 32 heteroatoms. The van der Waals surface area contributed by atoms with E-state index in [0.29, 0.717) is 5.56 Å². The zero-order chi connectivity index (χ0) is 69.1. The van der Waals surface area contributed by atoms with Crippen molar-refractivity contribution in [3.8, 4) is 0 Å². The van der Waals surface area contributed by atoms with Gasteiger partial charge in [0.25, 0.3) is 5.91 Å². The van der Waals surface area contributed by atoms with Crippen LogP contribution in [0.15, 0.2) is 30.3 Å². The van der Waals surface area contributed by atoms with Crippen molar-refractivity contribution in [3.05, 3.63) is 35.9 Å². The highest BCUT2D eigenvalue weighted by atomic mass is 16.6. The molecule has 1 saturated heterocycles. The first kappa shape index (κ1) is 78.7. The highest BCUT2D eigenvalue weighted by Gasteiger charge is 2.38. The number of nitrogens with one attached hydrogen (secondary N) is 12. The van der Waals surface area contributed by atoms with E-state index in [4.69, 9.17) is 18.9 Å². The zero-order valence-corrected chi connectivity index (χ0v) is 54.4. The first-order chi connectivity index (χ1) is 42.2. The summed E-state index contributed by atoms with van der Waals surface area (Å²) in [5.74, 6) is -11.3. The van der Waals surface area contributed by atoms with Crippen molar-refractivity contribution in [2.45, 2.75) is 219 Å². The van der Waals surface area contributed by atoms with Crippen LogP contribution < -0.4 is 63.8 Å². The standard InChI is InChI=1S/C59H96N12O20/c1-31(2)28-40-49(80)67-36(21-25-61-54(85)89-57(6,7)8)45(76)66-39(23-27-63-56(87)91-59(12,13)14)48(79)71-43(32(3)73)52(83)60-24-20-38(68-51(82)42(30-72)88-53(84)44(33(4)74)64-34(5)75)46(77)65-37(22-26-62-55(86)90-58(9,10)11)47(78)70-41(50(81)69-40)29-35-18-16-15-17-19-35/h15-19,31-33,36-44,72-74H,20-30H2,1-14H3,(H,60,83)(H,61,85)(H,62,86)(H,63,87)(H,64,75)(H,65,77)(H,66,76)(H,67,80)(H,68,82)(H,69,81)(H,70,78)(H,71,79)/t32-,33-,36+,37+,38+,39+,40+,41-,42-,43+,44+/m1/s1. The molecule has 1 aromatic rings. The molecule has 512 valence electrons. The van der Waals surface area contributed by atoms with Crippen LogP contribution in [0.1, 0.15) is 135 Å². The number of alkyl carbamates (subject to hydrolysis) is 3. The Morgan fingerprint density at radius 1 is 0.571 bits per heavy atom. The second kappa shape index (κ2) is 37.1. The second-order valence-electron chi connectivity index (χ2n) is 25.2. The summed E-state index contributed by atoms with van der Waals surface area (Å²) in [5.41, 5.74) is -2.39. The summed E-state index contributed by atoms with van der Waals surface area (Å²) in [7, 11) is 0. The lowest BCUT2D eigenvalue weighted by Gasteiger charge is -2.29. The van der Waals surface area contributed by atoms with E-state index in [-0.39, 0.29) is 44.8 Å². The van der Waals surface area contributed by atoms with E-state index >= 15 is 0 Å². The number of esters is 1. The number of amides is 12. The fourth-order valence-electron chi connectivity index (χ4n) is 8.45. The SMILES string of the molecule is CC(=O)N[C@H](C(=O)O[C@H](CO)C(=O)N[C@H]1CCNC(=O)[C@H]([C@@H](C)O)NC(=O)[C@H](CCNC(=O)OC(C)(C)C)NC(=O)[C@H](CCNC(=O)OC(C)(C)C)NC(=O)[C@H](CC(C)C)NC(=O)[C@@H](Cc2ccccc2)NC(=O)[C@H](CCNC(=O)OC(C)(C)C)NC1=O)[C@@H](C)O. The molecule has 0 aliphatic carbocycles. The van der Waals surface area contributed by atoms with Crippen LogP contribution in [0.3, 0.4) is 0 Å². The summed E-state index contributed by atoms with van der Waals surface area (Å²) in [6, 6.07) is -5.30. The minimum Gasteiger partial charge on any atom is -0.448 e. The van der Waals surface area contributed by atoms with Gasteiger partial charge in [-0.15, -0.1) is 0 Å². The average Bonchev–Trinajstić information content (AvgIpc) is 1.32. The zero-order valence-electron chi connectivity index (χ0n) is 54.4. The summed E-state index contributed by atoms with van der Waals surface area (Å²) in [5, 5.41) is 61.2. The Morgan fingerprint density at radius 3 is 1.38 bits per heavy atom. The van der Waals surface area contributed by atoms with Gasteiger partial charge < -0.3 is 98.1 Å². The lowest BCUT2D eigenvalue weighted by molar-refractivity contribution is -0.163. The number of aliphatic hydroxyl groups excluding tert-OH is 3. The third-order valence-electron chi connectivity index (χ3n) is 12.7. The molecular formula is C59H96N12O20. The molecule has 11 atom stereocenters. The van der Waals surface area contributed by atoms with Gasteiger partial charge >= 0.3 is 24.2 Å². The average molecular weight is 1290 g/mol. The fourth-order valence-corrected chi connectivity index (χ4v) is 8.45. The van der Waals surface area contributed by atoms with Gasteiger partial charge in [-0.3, -0.25) is 43.2 Å². The topological polar surface area (TPSA) is 464 Å². The Kier molecular flexibility index (Phi) is 32.1. The van der Waals surface area contributed by atoms with Crippen molar-refractivity contribution in [2.75, 3.05) is 32.8 Å². The summed E-state index contributed by atoms with van der Waals surface area (Å²) in [6.45, 7) is 18.2. The third-order valence-corrected chi connectivity index (χ3v) is 12.7. The Labute approximate surface area is 529 Å². The summed E-state index contributed by atoms with van der Waals surface area (Å²) in [4.78, 5) is 179. The molecule has 0 spiro atoms. The maximum atomic E-state index is 14.8. The summed E-state index contributed by atoms with van der Waals surface area (Å²) >= 11 is 0. The molecule has 0 aromatic heterocycles. The molecule has 2 rings (SSSR count). The predicted octanol–water partition coefficient (Wildman–Crippen LogP) is -1.90. The monoisotopic (exact) mass is 1290 g/mol. The summed E-state index contributed by atoms with van der Waals surface area (Å²) < 4.78 is 21.2. The van der Waals surface area contributed by atoms with Crippen molar-refractivity contribution in [1.82, 2.24) is 63.8 Å². The van der Waals surface area contributed by atoms with E-state index in [0.717, 1.165) is 20.8 Å². The smallest absolute Gasteiger partial charge is 0.407 e. The molecule has 32 nitrogen and oxygen atoms in total. The number of carbonyl (C=O) groups excluding carboxylic acids is 13. The molecule has 0 saturated carbocycles. The molecule has 1 fully saturated rings. The van der Waals surface area contributed by atoms with Gasteiger partial charge in [0.1, 0.15) is 59.1 Å². The lowest BCUT2D eigenvalue weighted by atomic mass is 10.00. The molecule has 1 aliphatic heterocycles. The van der Waals surface area contributed by atoms with Gasteiger partial charge in [-0.25, -0.2) is 19.2 Å². The van der Waals surface area contributed by atoms with Gasteiger partial charge in [0.15, 0.2) is 6.04 Å². The molecule has 15 N–H and O–H groups in total. The Balaban J connectivity index is 2.98. The maximum Gasteiger partial charge on any atom is 0.407 e. The number of ether oxygens (including phenoxy) is 4. The van der Waals surface area contributed by atoms with Gasteiger partial charge in [0.2, 0.25) is 53.4 Å². The summed E-state index contributed by atoms with van der Waals surface area (Å²) in [6.07, 6.45) is -10.4. The number of hydrogen-bond donors (Lipinski definition) is 15. The number of aliphatic hydroxyl groups is 3. The highest BCUT2D eigenvalue weighted by molar-refractivity contribution is 5.98. The van der Waals surface area contributed by atoms with Gasteiger partial charge in [-0.05, 0) is 120 Å². The number of benzene rings is 1. The quantitative estimate of drug-likeness (QED) is 0.0472. The van der Waals surface area contributed by atoms with Crippen molar-refractivity contribution in [1.29, 1.82) is 0 Å². The molecule has 1 aromatic carbocycles. The van der Waals surface area contributed by atoms with E-state index in [1.54, 1.807) is 106 Å². The van der Waals surface area contributed by atoms with Crippen LogP contribution in [0.25, 0.3) is 0 Å². The Bertz CT molecular complexity index is 2660. The van der Waals surface area contributed by atoms with Crippen LogP contribution in [0.5, 0.6) is 0 Å². The first-order valence-electron chi connectivity index (χ1n) is 30.0. The normalized spacial score (nSPS) is 21.7. The van der Waals surface area contributed by atoms with E-state index < -0.39 is 193 Å². The van der Waals surface area contributed by atoms with Crippen molar-refractivity contribution >= 4 is 77.4 Å². The van der Waals surface area contributed by atoms with Gasteiger partial charge in [-0.2, -0.15) is 0 Å². The minimum atomic E-state index is -2.13. The molecule has 0 bridgehead atoms. The van der Waals surface area contributed by atoms with Crippen molar-refractivity contribution in [3.63, 3.8) is 0 Å². The lowest BCUT2D eigenvalue weighted by Crippen LogP contribution is -2.61. The maximum absolute atomic E-state index is 14.8. The van der Waals surface area contributed by atoms with E-state index in [1.807, 2.05) is 0 Å². The van der Waals surface area contributed by atoms with Gasteiger partial charge in [0.05, 0.1) is 18.8 Å². The van der Waals surface area contributed by atoms with Crippen LogP contribution in [0, 0.1) is 5.92 Å². The Morgan fingerprint density at radius 2 is 0.978 bits per heavy atom. The number of hydrogen-bond acceptors (Lipinski definition) is 20. The largest absolute Gasteiger partial charge is 0.448 e. The van der Waals surface area contributed by atoms with Crippen LogP contribution in [0.2, 0.25) is 0 Å². The molecular weight excluding hydrogens is 1200 g/mol. The molecule has 0 radical (unpaired) electrons. The van der Waals surface area contributed by atoms with E-state index in [2.05, 4.69) is 63.8 Å². The minimum absolute atomic E-state index is 0.0901. The Hall–Kier alpha value is -8.39. The van der Waals surface area contributed by atoms with E-state index in [1.165, 1.54) is 0 Å². The van der Waals surface area contributed by atoms with Crippen LogP contribution in [-0.4, -0.2) is 209 Å². The third kappa shape index (κ3) is 31.3. The number of rotatable bonds is 21. The molecule has 91 heavy (non-hydrogen) atoms. The molecule has 12 amide bonds. The predicted molar refractivity (Wildman–Crippen MR) is 325 cm³/mol. The second-order valence-corrected chi connectivity index (χ2v) is 25.2. The molecule has 1 aliphatic rings. The van der Waals surface area contributed by atoms with Crippen molar-refractivity contribution in [2.24, 2.45) is 5.92 Å². The number of carbonyl (C=O) groups is 13. The first-order valence-corrected chi connectivity index (χ1v) is 30.0. The van der Waals surface area contributed by atoms with Crippen LogP contribution in [0.4, 0.5) is 14.4 Å². The van der Waals surface area contributed by atoms with E-state index in [9.17, 15) is 77.6 Å². The highest BCUT2D eigenvalue weighted by Crippen LogP contribution is 2.14.